The van der Waals surface area contributed by atoms with Crippen LogP contribution in [0.3, 0.4) is 0 Å². The van der Waals surface area contributed by atoms with Crippen LogP contribution in [0.2, 0.25) is 0 Å². The monoisotopic (exact) mass is 348 g/mol. The minimum atomic E-state index is -0.114. The summed E-state index contributed by atoms with van der Waals surface area (Å²) in [5, 5.41) is 5.87. The lowest BCUT2D eigenvalue weighted by Crippen LogP contribution is -2.13. The molecular weight excluding hydrogens is 340 g/mol. The van der Waals surface area contributed by atoms with E-state index in [1.807, 2.05) is 0 Å². The number of halogens is 2. The number of benzene rings is 1. The zero-order chi connectivity index (χ0) is 12.0. The van der Waals surface area contributed by atoms with Crippen LogP contribution in [0.25, 0.3) is 0 Å². The second kappa shape index (κ2) is 6.65. The highest BCUT2D eigenvalue weighted by Crippen LogP contribution is 2.13. The molecule has 6 heteroatoms. The zero-order valence-electron chi connectivity index (χ0n) is 8.30. The smallest absolute Gasteiger partial charge is 0.235 e. The maximum absolute atomic E-state index is 11.1. The van der Waals surface area contributed by atoms with Crippen molar-refractivity contribution in [1.29, 1.82) is 0 Å². The van der Waals surface area contributed by atoms with Gasteiger partial charge >= 0.3 is 0 Å². The molecule has 0 aromatic heterocycles. The molecule has 0 spiro atoms. The van der Waals surface area contributed by atoms with Crippen molar-refractivity contribution in [3.8, 4) is 0 Å². The quantitative estimate of drug-likeness (QED) is 0.820. The van der Waals surface area contributed by atoms with Crippen molar-refractivity contribution >= 4 is 55.0 Å². The molecule has 16 heavy (non-hydrogen) atoms. The molecular formula is C10H10Br2N2O2. The van der Waals surface area contributed by atoms with Gasteiger partial charge in [0, 0.05) is 11.4 Å². The fourth-order valence-corrected chi connectivity index (χ4v) is 1.31. The third kappa shape index (κ3) is 4.32. The van der Waals surface area contributed by atoms with Crippen molar-refractivity contribution < 1.29 is 9.59 Å². The third-order valence-corrected chi connectivity index (χ3v) is 2.71. The Kier molecular flexibility index (Phi) is 5.48. The molecule has 2 amide bonds. The fourth-order valence-electron chi connectivity index (χ4n) is 1.03. The van der Waals surface area contributed by atoms with Crippen LogP contribution in [0.5, 0.6) is 0 Å². The number of amides is 2. The largest absolute Gasteiger partial charge is 0.325 e. The Morgan fingerprint density at radius 1 is 0.875 bits per heavy atom. The summed E-state index contributed by atoms with van der Waals surface area (Å²) in [6.45, 7) is 0. The van der Waals surface area contributed by atoms with Crippen LogP contribution in [-0.2, 0) is 9.59 Å². The Morgan fingerprint density at radius 3 is 1.44 bits per heavy atom. The van der Waals surface area contributed by atoms with E-state index >= 15 is 0 Å². The summed E-state index contributed by atoms with van der Waals surface area (Å²) in [5.41, 5.74) is 1.39. The predicted octanol–water partition coefficient (Wildman–Crippen LogP) is 2.35. The number of hydrogen-bond acceptors (Lipinski definition) is 2. The highest BCUT2D eigenvalue weighted by atomic mass is 79.9. The molecule has 0 heterocycles. The van der Waals surface area contributed by atoms with Crippen molar-refractivity contribution in [2.24, 2.45) is 0 Å². The van der Waals surface area contributed by atoms with Crippen LogP contribution < -0.4 is 10.6 Å². The van der Waals surface area contributed by atoms with Gasteiger partial charge in [0.1, 0.15) is 0 Å². The van der Waals surface area contributed by atoms with Crippen LogP contribution in [0.15, 0.2) is 24.3 Å². The van der Waals surface area contributed by atoms with Gasteiger partial charge in [0.15, 0.2) is 0 Å². The van der Waals surface area contributed by atoms with Crippen LogP contribution in [0, 0.1) is 0 Å². The topological polar surface area (TPSA) is 58.2 Å². The Balaban J connectivity index is 2.60. The van der Waals surface area contributed by atoms with Crippen molar-refractivity contribution in [2.45, 2.75) is 0 Å². The Bertz CT molecular complexity index is 342. The first kappa shape index (κ1) is 13.2. The maximum Gasteiger partial charge on any atom is 0.235 e. The van der Waals surface area contributed by atoms with E-state index in [-0.39, 0.29) is 22.5 Å². The Morgan fingerprint density at radius 2 is 1.19 bits per heavy atom. The van der Waals surface area contributed by atoms with Gasteiger partial charge in [-0.15, -0.1) is 0 Å². The van der Waals surface area contributed by atoms with E-state index in [9.17, 15) is 9.59 Å². The van der Waals surface area contributed by atoms with Gasteiger partial charge in [0.25, 0.3) is 0 Å². The highest BCUT2D eigenvalue weighted by molar-refractivity contribution is 9.09. The van der Waals surface area contributed by atoms with Crippen molar-refractivity contribution in [3.63, 3.8) is 0 Å². The van der Waals surface area contributed by atoms with E-state index < -0.39 is 0 Å². The molecule has 0 atom stereocenters. The van der Waals surface area contributed by atoms with Gasteiger partial charge in [-0.25, -0.2) is 0 Å². The second-order valence-electron chi connectivity index (χ2n) is 2.94. The summed E-state index contributed by atoms with van der Waals surface area (Å²) < 4.78 is 0. The Hall–Kier alpha value is -0.880. The van der Waals surface area contributed by atoms with Gasteiger partial charge in [-0.1, -0.05) is 31.9 Å². The first-order valence-electron chi connectivity index (χ1n) is 4.47. The van der Waals surface area contributed by atoms with Gasteiger partial charge < -0.3 is 10.6 Å². The maximum atomic E-state index is 11.1. The molecule has 0 fully saturated rings. The minimum absolute atomic E-state index is 0.114. The molecule has 0 radical (unpaired) electrons. The van der Waals surface area contributed by atoms with Gasteiger partial charge in [-0.2, -0.15) is 0 Å². The number of nitrogens with one attached hydrogen (secondary N) is 2. The molecule has 0 saturated carbocycles. The number of hydrogen-bond donors (Lipinski definition) is 2. The molecule has 0 aliphatic rings. The number of anilines is 2. The van der Waals surface area contributed by atoms with Crippen molar-refractivity contribution in [1.82, 2.24) is 0 Å². The molecule has 0 aliphatic carbocycles. The summed E-state index contributed by atoms with van der Waals surface area (Å²) in [6.07, 6.45) is 0. The summed E-state index contributed by atoms with van der Waals surface area (Å²) in [4.78, 5) is 22.1. The highest BCUT2D eigenvalue weighted by Gasteiger charge is 2.01. The SMILES string of the molecule is O=C(CBr)Nc1ccc(NC(=O)CBr)cc1. The van der Waals surface area contributed by atoms with Crippen LogP contribution >= 0.6 is 31.9 Å². The third-order valence-electron chi connectivity index (χ3n) is 1.70. The van der Waals surface area contributed by atoms with Crippen LogP contribution in [0.1, 0.15) is 0 Å². The van der Waals surface area contributed by atoms with Crippen LogP contribution in [-0.4, -0.2) is 22.5 Å². The summed E-state index contributed by atoms with van der Waals surface area (Å²) >= 11 is 6.11. The standard InChI is InChI=1S/C10H10Br2N2O2/c11-5-9(15)13-7-1-2-8(4-3-7)14-10(16)6-12/h1-4H,5-6H2,(H,13,15)(H,14,16). The van der Waals surface area contributed by atoms with Crippen molar-refractivity contribution in [2.75, 3.05) is 21.3 Å². The number of rotatable bonds is 4. The molecule has 0 saturated heterocycles. The molecule has 86 valence electrons. The van der Waals surface area contributed by atoms with E-state index in [0.717, 1.165) is 0 Å². The van der Waals surface area contributed by atoms with Gasteiger partial charge in [-0.3, -0.25) is 9.59 Å². The van der Waals surface area contributed by atoms with Crippen LogP contribution in [0.4, 0.5) is 11.4 Å². The van der Waals surface area contributed by atoms with E-state index in [1.54, 1.807) is 24.3 Å². The van der Waals surface area contributed by atoms with Crippen molar-refractivity contribution in [3.05, 3.63) is 24.3 Å². The van der Waals surface area contributed by atoms with E-state index in [0.29, 0.717) is 11.4 Å². The minimum Gasteiger partial charge on any atom is -0.325 e. The molecule has 0 aliphatic heterocycles. The van der Waals surface area contributed by atoms with E-state index in [1.165, 1.54) is 0 Å². The fraction of sp³-hybridized carbons (Fsp3) is 0.200. The summed E-state index contributed by atoms with van der Waals surface area (Å²) in [5.74, 6) is -0.227. The lowest BCUT2D eigenvalue weighted by atomic mass is 10.3. The van der Waals surface area contributed by atoms with Gasteiger partial charge in [0.05, 0.1) is 10.7 Å². The molecule has 1 aromatic carbocycles. The molecule has 2 N–H and O–H groups in total. The number of carbonyl (C=O) groups excluding carboxylic acids is 2. The summed E-state index contributed by atoms with van der Waals surface area (Å²) in [7, 11) is 0. The number of alkyl halides is 2. The number of carbonyl (C=O) groups is 2. The lowest BCUT2D eigenvalue weighted by molar-refractivity contribution is -0.114. The predicted molar refractivity (Wildman–Crippen MR) is 71.3 cm³/mol. The summed E-state index contributed by atoms with van der Waals surface area (Å²) in [6, 6.07) is 6.91. The Labute approximate surface area is 110 Å². The first-order chi connectivity index (χ1) is 7.65. The van der Waals surface area contributed by atoms with Gasteiger partial charge in [-0.05, 0) is 24.3 Å². The van der Waals surface area contributed by atoms with Gasteiger partial charge in [0.2, 0.25) is 11.8 Å². The van der Waals surface area contributed by atoms with E-state index in [2.05, 4.69) is 42.5 Å². The average molecular weight is 350 g/mol. The zero-order valence-corrected chi connectivity index (χ0v) is 11.5. The van der Waals surface area contributed by atoms with E-state index in [4.69, 9.17) is 0 Å². The normalized spacial score (nSPS) is 9.62. The molecule has 4 nitrogen and oxygen atoms in total. The lowest BCUT2D eigenvalue weighted by Gasteiger charge is -2.05. The second-order valence-corrected chi connectivity index (χ2v) is 4.06. The molecule has 0 bridgehead atoms. The molecule has 1 aromatic rings. The molecule has 0 unspecified atom stereocenters. The first-order valence-corrected chi connectivity index (χ1v) is 6.71. The molecule has 1 rings (SSSR count). The average Bonchev–Trinajstić information content (AvgIpc) is 2.31.